The molecule has 0 aliphatic carbocycles. The second kappa shape index (κ2) is 7.74. The van der Waals surface area contributed by atoms with Crippen LogP contribution in [-0.4, -0.2) is 43.3 Å². The highest BCUT2D eigenvalue weighted by Gasteiger charge is 2.37. The number of unbranched alkanes of at least 4 members (excludes halogenated alkanes) is 1. The molecule has 0 aromatic carbocycles. The first-order chi connectivity index (χ1) is 8.60. The molecular formula is C14H28N2O2. The zero-order valence-corrected chi connectivity index (χ0v) is 12.2. The predicted octanol–water partition coefficient (Wildman–Crippen LogP) is 2.00. The first kappa shape index (κ1) is 15.4. The standard InChI is InChI=1S/C14H28N2O2/c1-5-6-7-12-14(17)16(8-9-18-4)13(15-12)10-11(2)3/h11-13,15H,5-10H2,1-4H3. The summed E-state index contributed by atoms with van der Waals surface area (Å²) < 4.78 is 5.10. The summed E-state index contributed by atoms with van der Waals surface area (Å²) in [6.45, 7) is 7.86. The van der Waals surface area contributed by atoms with E-state index in [0.717, 1.165) is 25.7 Å². The van der Waals surface area contributed by atoms with Gasteiger partial charge in [0.15, 0.2) is 0 Å². The topological polar surface area (TPSA) is 41.6 Å². The first-order valence-electron chi connectivity index (χ1n) is 7.15. The van der Waals surface area contributed by atoms with Gasteiger partial charge in [-0.25, -0.2) is 0 Å². The molecule has 106 valence electrons. The fourth-order valence-corrected chi connectivity index (χ4v) is 2.46. The zero-order valence-electron chi connectivity index (χ0n) is 12.2. The van der Waals surface area contributed by atoms with E-state index < -0.39 is 0 Å². The number of carbonyl (C=O) groups is 1. The number of ether oxygens (including phenoxy) is 1. The number of hydrogen-bond donors (Lipinski definition) is 1. The van der Waals surface area contributed by atoms with Gasteiger partial charge in [-0.2, -0.15) is 0 Å². The van der Waals surface area contributed by atoms with Gasteiger partial charge in [0.1, 0.15) is 0 Å². The van der Waals surface area contributed by atoms with E-state index in [2.05, 4.69) is 26.1 Å². The van der Waals surface area contributed by atoms with E-state index in [1.54, 1.807) is 7.11 Å². The summed E-state index contributed by atoms with van der Waals surface area (Å²) in [6, 6.07) is 0.0190. The molecule has 1 fully saturated rings. The Kier molecular flexibility index (Phi) is 6.65. The molecule has 1 rings (SSSR count). The SMILES string of the molecule is CCCCC1NC(CC(C)C)N(CCOC)C1=O. The minimum atomic E-state index is 0.0190. The molecule has 0 spiro atoms. The van der Waals surface area contributed by atoms with Crippen LogP contribution >= 0.6 is 0 Å². The predicted molar refractivity (Wildman–Crippen MR) is 73.3 cm³/mol. The highest BCUT2D eigenvalue weighted by atomic mass is 16.5. The van der Waals surface area contributed by atoms with Crippen molar-refractivity contribution in [2.24, 2.45) is 5.92 Å². The maximum absolute atomic E-state index is 12.3. The van der Waals surface area contributed by atoms with Gasteiger partial charge in [-0.05, 0) is 18.8 Å². The molecule has 1 heterocycles. The van der Waals surface area contributed by atoms with Crippen LogP contribution in [0.25, 0.3) is 0 Å². The quantitative estimate of drug-likeness (QED) is 0.722. The summed E-state index contributed by atoms with van der Waals surface area (Å²) in [6.07, 6.45) is 4.40. The third kappa shape index (κ3) is 4.25. The molecule has 1 N–H and O–H groups in total. The lowest BCUT2D eigenvalue weighted by Crippen LogP contribution is -2.40. The van der Waals surface area contributed by atoms with Gasteiger partial charge < -0.3 is 9.64 Å². The number of nitrogens with one attached hydrogen (secondary N) is 1. The van der Waals surface area contributed by atoms with Gasteiger partial charge in [-0.15, -0.1) is 0 Å². The summed E-state index contributed by atoms with van der Waals surface area (Å²) in [5, 5.41) is 3.49. The minimum Gasteiger partial charge on any atom is -0.383 e. The summed E-state index contributed by atoms with van der Waals surface area (Å²) in [5.74, 6) is 0.844. The molecule has 1 aliphatic heterocycles. The Morgan fingerprint density at radius 3 is 2.72 bits per heavy atom. The molecule has 1 saturated heterocycles. The second-order valence-electron chi connectivity index (χ2n) is 5.53. The second-order valence-corrected chi connectivity index (χ2v) is 5.53. The summed E-state index contributed by atoms with van der Waals surface area (Å²) in [4.78, 5) is 14.3. The molecule has 0 aromatic heterocycles. The van der Waals surface area contributed by atoms with Gasteiger partial charge in [0.25, 0.3) is 0 Å². The van der Waals surface area contributed by atoms with Crippen LogP contribution in [0.1, 0.15) is 46.5 Å². The van der Waals surface area contributed by atoms with E-state index in [1.165, 1.54) is 0 Å². The van der Waals surface area contributed by atoms with Crippen molar-refractivity contribution < 1.29 is 9.53 Å². The molecule has 4 nitrogen and oxygen atoms in total. The van der Waals surface area contributed by atoms with Crippen molar-refractivity contribution in [3.63, 3.8) is 0 Å². The van der Waals surface area contributed by atoms with Crippen molar-refractivity contribution in [1.82, 2.24) is 10.2 Å². The number of hydrogen-bond acceptors (Lipinski definition) is 3. The van der Waals surface area contributed by atoms with Crippen molar-refractivity contribution in [2.75, 3.05) is 20.3 Å². The zero-order chi connectivity index (χ0) is 13.5. The lowest BCUT2D eigenvalue weighted by Gasteiger charge is -2.25. The summed E-state index contributed by atoms with van der Waals surface area (Å²) in [7, 11) is 1.68. The summed E-state index contributed by atoms with van der Waals surface area (Å²) in [5.41, 5.74) is 0. The number of carbonyl (C=O) groups excluding carboxylic acids is 1. The van der Waals surface area contributed by atoms with Crippen LogP contribution in [0.15, 0.2) is 0 Å². The third-order valence-electron chi connectivity index (χ3n) is 3.43. The Hall–Kier alpha value is -0.610. The van der Waals surface area contributed by atoms with Crippen LogP contribution < -0.4 is 5.32 Å². The number of methoxy groups -OCH3 is 1. The van der Waals surface area contributed by atoms with Crippen LogP contribution in [0.3, 0.4) is 0 Å². The van der Waals surface area contributed by atoms with Gasteiger partial charge >= 0.3 is 0 Å². The number of rotatable bonds is 8. The molecule has 4 heteroatoms. The van der Waals surface area contributed by atoms with Gasteiger partial charge in [0.2, 0.25) is 5.91 Å². The van der Waals surface area contributed by atoms with Crippen molar-refractivity contribution in [1.29, 1.82) is 0 Å². The fourth-order valence-electron chi connectivity index (χ4n) is 2.46. The number of amides is 1. The lowest BCUT2D eigenvalue weighted by molar-refractivity contribution is -0.130. The molecule has 1 aliphatic rings. The Bertz CT molecular complexity index is 256. The molecule has 1 amide bonds. The van der Waals surface area contributed by atoms with Crippen LogP contribution in [0.5, 0.6) is 0 Å². The summed E-state index contributed by atoms with van der Waals surface area (Å²) >= 11 is 0. The smallest absolute Gasteiger partial charge is 0.241 e. The monoisotopic (exact) mass is 256 g/mol. The van der Waals surface area contributed by atoms with E-state index in [4.69, 9.17) is 4.74 Å². The molecule has 0 saturated carbocycles. The molecule has 0 bridgehead atoms. The van der Waals surface area contributed by atoms with Crippen LogP contribution in [-0.2, 0) is 9.53 Å². The van der Waals surface area contributed by atoms with Gasteiger partial charge in [0.05, 0.1) is 18.8 Å². The van der Waals surface area contributed by atoms with E-state index >= 15 is 0 Å². The Morgan fingerprint density at radius 2 is 2.17 bits per heavy atom. The van der Waals surface area contributed by atoms with Gasteiger partial charge in [0, 0.05) is 13.7 Å². The normalized spacial score (nSPS) is 24.3. The molecule has 2 unspecified atom stereocenters. The third-order valence-corrected chi connectivity index (χ3v) is 3.43. The maximum Gasteiger partial charge on any atom is 0.241 e. The van der Waals surface area contributed by atoms with Crippen molar-refractivity contribution in [2.45, 2.75) is 58.7 Å². The van der Waals surface area contributed by atoms with Crippen molar-refractivity contribution in [3.05, 3.63) is 0 Å². The first-order valence-corrected chi connectivity index (χ1v) is 7.15. The van der Waals surface area contributed by atoms with E-state index in [9.17, 15) is 4.79 Å². The maximum atomic E-state index is 12.3. The van der Waals surface area contributed by atoms with Crippen molar-refractivity contribution in [3.8, 4) is 0 Å². The molecule has 2 atom stereocenters. The Morgan fingerprint density at radius 1 is 1.44 bits per heavy atom. The number of nitrogens with zero attached hydrogens (tertiary/aromatic N) is 1. The highest BCUT2D eigenvalue weighted by Crippen LogP contribution is 2.20. The molecule has 18 heavy (non-hydrogen) atoms. The van der Waals surface area contributed by atoms with E-state index in [-0.39, 0.29) is 18.1 Å². The molecule has 0 radical (unpaired) electrons. The molecular weight excluding hydrogens is 228 g/mol. The minimum absolute atomic E-state index is 0.0190. The average Bonchev–Trinajstić information content (AvgIpc) is 2.60. The Labute approximate surface area is 111 Å². The largest absolute Gasteiger partial charge is 0.383 e. The van der Waals surface area contributed by atoms with Crippen LogP contribution in [0.4, 0.5) is 0 Å². The highest BCUT2D eigenvalue weighted by molar-refractivity contribution is 5.84. The average molecular weight is 256 g/mol. The van der Waals surface area contributed by atoms with Crippen LogP contribution in [0, 0.1) is 5.92 Å². The van der Waals surface area contributed by atoms with E-state index in [0.29, 0.717) is 19.1 Å². The van der Waals surface area contributed by atoms with Crippen LogP contribution in [0.2, 0.25) is 0 Å². The lowest BCUT2D eigenvalue weighted by atomic mass is 10.1. The van der Waals surface area contributed by atoms with Gasteiger partial charge in [-0.3, -0.25) is 10.1 Å². The van der Waals surface area contributed by atoms with Gasteiger partial charge in [-0.1, -0.05) is 33.6 Å². The Balaban J connectivity index is 2.59. The molecule has 0 aromatic rings. The van der Waals surface area contributed by atoms with E-state index in [1.807, 2.05) is 4.90 Å². The fraction of sp³-hybridized carbons (Fsp3) is 0.929. The van der Waals surface area contributed by atoms with Crippen molar-refractivity contribution >= 4 is 5.91 Å².